The number of nitrogens with one attached hydrogen (secondary N) is 1. The molecule has 2 rings (SSSR count). The molecule has 2 heterocycles. The molecule has 0 aliphatic carbocycles. The third-order valence-corrected chi connectivity index (χ3v) is 7.72. The van der Waals surface area contributed by atoms with Gasteiger partial charge in [-0.2, -0.15) is 13.8 Å². The lowest BCUT2D eigenvalue weighted by Gasteiger charge is -2.26. The summed E-state index contributed by atoms with van der Waals surface area (Å²) in [6.45, 7) is 8.61. The number of anilines is 1. The van der Waals surface area contributed by atoms with Crippen LogP contribution in [0.2, 0.25) is 0 Å². The van der Waals surface area contributed by atoms with E-state index >= 15 is 8.78 Å². The molecule has 1 aliphatic rings. The van der Waals surface area contributed by atoms with Gasteiger partial charge < -0.3 is 19.5 Å². The topological polar surface area (TPSA) is 109 Å². The van der Waals surface area contributed by atoms with Crippen LogP contribution in [0.4, 0.5) is 19.4 Å². The molecule has 0 bridgehead atoms. The molecule has 1 aliphatic heterocycles. The van der Waals surface area contributed by atoms with Gasteiger partial charge in [-0.05, 0) is 39.7 Å². The lowest BCUT2D eigenvalue weighted by atomic mass is 10.0. The third kappa shape index (κ3) is 13.2. The zero-order chi connectivity index (χ0) is 32.6. The smallest absolute Gasteiger partial charge is 0.429 e. The minimum Gasteiger partial charge on any atom is -0.429 e. The summed E-state index contributed by atoms with van der Waals surface area (Å²) in [5.41, 5.74) is -1.95. The molecule has 1 saturated heterocycles. The van der Waals surface area contributed by atoms with Gasteiger partial charge in [0.15, 0.2) is 6.10 Å². The molecule has 1 aromatic rings. The molecule has 1 N–H and O–H groups in total. The molecular weight excluding hydrogens is 572 g/mol. The number of carbonyl (C=O) groups is 2. The summed E-state index contributed by atoms with van der Waals surface area (Å²) in [6.07, 6.45) is 13.6. The van der Waals surface area contributed by atoms with E-state index in [0.717, 1.165) is 31.9 Å². The van der Waals surface area contributed by atoms with Gasteiger partial charge in [0.05, 0.1) is 0 Å². The van der Waals surface area contributed by atoms with Crippen molar-refractivity contribution in [2.75, 3.05) is 5.32 Å². The van der Waals surface area contributed by atoms with E-state index < -0.39 is 41.8 Å². The van der Waals surface area contributed by atoms with Gasteiger partial charge in [0.1, 0.15) is 17.5 Å². The van der Waals surface area contributed by atoms with Crippen molar-refractivity contribution in [3.8, 4) is 0 Å². The van der Waals surface area contributed by atoms with E-state index in [1.165, 1.54) is 76.7 Å². The van der Waals surface area contributed by atoms with Crippen LogP contribution in [0.1, 0.15) is 150 Å². The largest absolute Gasteiger partial charge is 0.509 e. The molecule has 1 aromatic heterocycles. The Bertz CT molecular complexity index is 1060. The maximum Gasteiger partial charge on any atom is 0.509 e. The molecule has 44 heavy (non-hydrogen) atoms. The first kappa shape index (κ1) is 37.6. The monoisotopic (exact) mass is 627 g/mol. The minimum atomic E-state index is -3.73. The molecule has 3 unspecified atom stereocenters. The van der Waals surface area contributed by atoms with Crippen LogP contribution in [0.3, 0.4) is 0 Å². The van der Waals surface area contributed by atoms with Crippen LogP contribution in [0.5, 0.6) is 0 Å². The number of alkyl halides is 2. The molecule has 0 saturated carbocycles. The van der Waals surface area contributed by atoms with E-state index in [4.69, 9.17) is 14.2 Å². The summed E-state index contributed by atoms with van der Waals surface area (Å²) < 4.78 is 46.7. The Morgan fingerprint density at radius 3 is 1.93 bits per heavy atom. The van der Waals surface area contributed by atoms with E-state index in [2.05, 4.69) is 17.2 Å². The highest BCUT2D eigenvalue weighted by Crippen LogP contribution is 2.45. The molecule has 0 spiro atoms. The van der Waals surface area contributed by atoms with Crippen molar-refractivity contribution in [3.05, 3.63) is 22.7 Å². The number of hydrogen-bond donors (Lipinski definition) is 1. The summed E-state index contributed by atoms with van der Waals surface area (Å²) in [6, 6.07) is 1.27. The van der Waals surface area contributed by atoms with Gasteiger partial charge >= 0.3 is 17.8 Å². The van der Waals surface area contributed by atoms with Gasteiger partial charge in [0.2, 0.25) is 12.1 Å². The minimum absolute atomic E-state index is 0.0212. The molecule has 252 valence electrons. The first-order valence-corrected chi connectivity index (χ1v) is 16.7. The van der Waals surface area contributed by atoms with Crippen molar-refractivity contribution >= 4 is 17.9 Å². The highest BCUT2D eigenvalue weighted by molar-refractivity contribution is 5.89. The van der Waals surface area contributed by atoms with Gasteiger partial charge in [0.25, 0.3) is 0 Å². The molecule has 0 radical (unpaired) electrons. The van der Waals surface area contributed by atoms with Gasteiger partial charge in [-0.25, -0.2) is 9.59 Å². The van der Waals surface area contributed by atoms with E-state index in [1.54, 1.807) is 27.7 Å². The number of carbonyl (C=O) groups excluding carboxylic acids is 2. The number of unbranched alkanes of at least 4 members (excludes halogenated alkanes) is 14. The fraction of sp³-hybridized carbons (Fsp3) is 0.818. The van der Waals surface area contributed by atoms with Crippen LogP contribution in [0, 0.1) is 0 Å². The Hall–Kier alpha value is -2.56. The van der Waals surface area contributed by atoms with Crippen LogP contribution in [-0.4, -0.2) is 45.3 Å². The predicted molar refractivity (Wildman–Crippen MR) is 167 cm³/mol. The number of rotatable bonds is 20. The van der Waals surface area contributed by atoms with Crippen molar-refractivity contribution in [1.82, 2.24) is 9.55 Å². The number of hydrogen-bond acceptors (Lipinski definition) is 7. The van der Waals surface area contributed by atoms with Crippen molar-refractivity contribution in [3.63, 3.8) is 0 Å². The Kier molecular flexibility index (Phi) is 16.3. The number of amides is 1. The number of nitrogens with zero attached hydrogens (tertiary/aromatic N) is 2. The Morgan fingerprint density at radius 2 is 1.45 bits per heavy atom. The summed E-state index contributed by atoms with van der Waals surface area (Å²) in [7, 11) is 0. The van der Waals surface area contributed by atoms with Crippen molar-refractivity contribution in [2.45, 2.75) is 174 Å². The lowest BCUT2D eigenvalue weighted by molar-refractivity contribution is -0.149. The van der Waals surface area contributed by atoms with E-state index in [-0.39, 0.29) is 24.6 Å². The summed E-state index contributed by atoms with van der Waals surface area (Å²) in [5, 5.41) is 2.57. The number of ether oxygens (including phenoxy) is 3. The van der Waals surface area contributed by atoms with Gasteiger partial charge in [-0.1, -0.05) is 104 Å². The predicted octanol–water partition coefficient (Wildman–Crippen LogP) is 8.71. The molecule has 1 amide bonds. The molecule has 9 nitrogen and oxygen atoms in total. The maximum absolute atomic E-state index is 15.3. The van der Waals surface area contributed by atoms with Crippen LogP contribution in [0.25, 0.3) is 0 Å². The van der Waals surface area contributed by atoms with Gasteiger partial charge in [0, 0.05) is 12.6 Å². The second-order valence-electron chi connectivity index (χ2n) is 12.9. The Morgan fingerprint density at radius 1 is 0.932 bits per heavy atom. The Balaban J connectivity index is 1.70. The lowest BCUT2D eigenvalue weighted by Crippen LogP contribution is -2.44. The molecule has 1 fully saturated rings. The maximum atomic E-state index is 15.3. The quantitative estimate of drug-likeness (QED) is 0.114. The normalized spacial score (nSPS) is 19.6. The zero-order valence-electron chi connectivity index (χ0n) is 27.5. The highest BCUT2D eigenvalue weighted by Gasteiger charge is 2.62. The summed E-state index contributed by atoms with van der Waals surface area (Å²) in [5.74, 6) is -4.04. The molecule has 11 heteroatoms. The van der Waals surface area contributed by atoms with Crippen molar-refractivity contribution < 1.29 is 32.6 Å². The molecule has 0 aromatic carbocycles. The Labute approximate surface area is 261 Å². The van der Waals surface area contributed by atoms with Crippen LogP contribution in [0.15, 0.2) is 17.1 Å². The highest BCUT2D eigenvalue weighted by atomic mass is 19.3. The molecular formula is C33H55F2N3O6. The SMILES string of the molecule is CCCCCCCCCCCCCCCCCC(=O)Nc1ccn(C2OC(CC)C(OC(=O)OC(C)(C)C)C2(F)F)c(=O)n1. The third-order valence-electron chi connectivity index (χ3n) is 7.72. The van der Waals surface area contributed by atoms with Crippen molar-refractivity contribution in [1.29, 1.82) is 0 Å². The zero-order valence-corrected chi connectivity index (χ0v) is 27.5. The summed E-state index contributed by atoms with van der Waals surface area (Å²) in [4.78, 5) is 40.9. The second kappa shape index (κ2) is 19.1. The fourth-order valence-electron chi connectivity index (χ4n) is 5.33. The average molecular weight is 628 g/mol. The van der Waals surface area contributed by atoms with E-state index in [0.29, 0.717) is 4.57 Å². The fourth-order valence-corrected chi connectivity index (χ4v) is 5.33. The van der Waals surface area contributed by atoms with Crippen LogP contribution in [-0.2, 0) is 19.0 Å². The first-order valence-electron chi connectivity index (χ1n) is 16.7. The molecule has 3 atom stereocenters. The number of halogens is 2. The number of aromatic nitrogens is 2. The van der Waals surface area contributed by atoms with Crippen LogP contribution >= 0.6 is 0 Å². The first-order chi connectivity index (χ1) is 20.9. The van der Waals surface area contributed by atoms with Gasteiger partial charge in [-0.15, -0.1) is 0 Å². The van der Waals surface area contributed by atoms with Gasteiger partial charge in [-0.3, -0.25) is 9.36 Å². The van der Waals surface area contributed by atoms with Crippen LogP contribution < -0.4 is 11.0 Å². The van der Waals surface area contributed by atoms with Crippen molar-refractivity contribution in [2.24, 2.45) is 0 Å². The second-order valence-corrected chi connectivity index (χ2v) is 12.9. The standard InChI is InChI=1S/C33H55F2N3O6/c1-6-8-9-10-11-12-13-14-15-16-17-18-19-20-21-22-27(39)36-26-23-24-38(30(40)37-26)29-33(34,35)28(25(7-2)42-29)43-31(41)44-32(3,4)5/h23-25,28-29H,6-22H2,1-5H3,(H,36,37,39,40). The van der Waals surface area contributed by atoms with E-state index in [9.17, 15) is 14.4 Å². The van der Waals surface area contributed by atoms with E-state index in [1.807, 2.05) is 0 Å². The summed E-state index contributed by atoms with van der Waals surface area (Å²) >= 11 is 0. The average Bonchev–Trinajstić information content (AvgIpc) is 3.18.